The minimum atomic E-state index is -4.57. The van der Waals surface area contributed by atoms with Crippen molar-refractivity contribution in [1.29, 1.82) is 0 Å². The molecule has 53 heavy (non-hydrogen) atoms. The number of aliphatic imine (C=N–C) groups is 1. The van der Waals surface area contributed by atoms with Gasteiger partial charge in [0.15, 0.2) is 6.47 Å². The van der Waals surface area contributed by atoms with Gasteiger partial charge < -0.3 is 35.5 Å². The smallest absolute Gasteiger partial charge is 0.408 e. The molecule has 288 valence electrons. The Balaban J connectivity index is 1.45. The highest BCUT2D eigenvalue weighted by Crippen LogP contribution is 2.30. The minimum absolute atomic E-state index is 0.00768. The second-order valence-electron chi connectivity index (χ2n) is 12.6. The number of amides is 3. The van der Waals surface area contributed by atoms with Gasteiger partial charge in [-0.2, -0.15) is 17.6 Å². The van der Waals surface area contributed by atoms with Crippen LogP contribution in [0.5, 0.6) is 0 Å². The Kier molecular flexibility index (Phi) is 15.3. The van der Waals surface area contributed by atoms with Crippen LogP contribution in [0, 0.1) is 11.6 Å². The van der Waals surface area contributed by atoms with Gasteiger partial charge in [0.1, 0.15) is 36.9 Å². The first kappa shape index (κ1) is 40.9. The summed E-state index contributed by atoms with van der Waals surface area (Å²) < 4.78 is 94.1. The van der Waals surface area contributed by atoms with Gasteiger partial charge in [-0.3, -0.25) is 4.79 Å². The molecule has 2 aromatic carbocycles. The number of carbonyl (C=O) groups excluding carboxylic acids is 3. The lowest BCUT2D eigenvalue weighted by molar-refractivity contribution is -0.124. The molecule has 1 saturated carbocycles. The lowest BCUT2D eigenvalue weighted by Crippen LogP contribution is -2.51. The number of alkyl halides is 3. The van der Waals surface area contributed by atoms with E-state index in [1.165, 1.54) is 48.5 Å². The van der Waals surface area contributed by atoms with E-state index in [1.807, 2.05) is 0 Å². The molecule has 11 nitrogen and oxygen atoms in total. The van der Waals surface area contributed by atoms with Crippen molar-refractivity contribution in [3.63, 3.8) is 0 Å². The van der Waals surface area contributed by atoms with Crippen molar-refractivity contribution in [2.45, 2.75) is 74.9 Å². The van der Waals surface area contributed by atoms with Gasteiger partial charge >= 0.3 is 18.4 Å². The van der Waals surface area contributed by atoms with Crippen LogP contribution in [-0.2, 0) is 19.0 Å². The Morgan fingerprint density at radius 1 is 1.00 bits per heavy atom. The monoisotopic (exact) mass is 753 g/mol. The van der Waals surface area contributed by atoms with E-state index in [0.717, 1.165) is 19.0 Å². The number of allylic oxidation sites excluding steroid dienone is 1. The van der Waals surface area contributed by atoms with Gasteiger partial charge in [0, 0.05) is 12.5 Å². The number of nitrogens with zero attached hydrogens (tertiary/aromatic N) is 1. The SMILES string of the molecule is C=C(CC[C@@H]1CN[C@H](COC(=O)NCC(F)(F)F)CO1)/C(=C\N=CF)NC(=O)[C@@H](NC(=O)OC1CCCC1)C(c1ccc(F)cc1)c1ccc(F)cc1. The molecule has 1 saturated heterocycles. The molecule has 2 fully saturated rings. The van der Waals surface area contributed by atoms with Crippen LogP contribution in [0.25, 0.3) is 0 Å². The van der Waals surface area contributed by atoms with Crippen molar-refractivity contribution >= 4 is 24.6 Å². The third-order valence-electron chi connectivity index (χ3n) is 8.61. The summed E-state index contributed by atoms with van der Waals surface area (Å²) in [6, 6.07) is 8.62. The Labute approximate surface area is 302 Å². The largest absolute Gasteiger partial charge is 0.448 e. The number of morpholine rings is 1. The average molecular weight is 754 g/mol. The van der Waals surface area contributed by atoms with Gasteiger partial charge in [-0.05, 0) is 79.5 Å². The number of benzene rings is 2. The molecule has 4 N–H and O–H groups in total. The van der Waals surface area contributed by atoms with Crippen LogP contribution < -0.4 is 21.3 Å². The van der Waals surface area contributed by atoms with Crippen molar-refractivity contribution in [3.05, 3.63) is 95.3 Å². The highest BCUT2D eigenvalue weighted by molar-refractivity contribution is 5.89. The second kappa shape index (κ2) is 19.8. The molecule has 4 rings (SSSR count). The number of halogens is 6. The zero-order valence-electron chi connectivity index (χ0n) is 28.6. The van der Waals surface area contributed by atoms with E-state index in [9.17, 15) is 40.7 Å². The molecule has 0 radical (unpaired) electrons. The highest BCUT2D eigenvalue weighted by Gasteiger charge is 2.35. The van der Waals surface area contributed by atoms with E-state index >= 15 is 0 Å². The molecule has 17 heteroatoms. The number of ether oxygens (including phenoxy) is 3. The maximum atomic E-state index is 14.2. The van der Waals surface area contributed by atoms with Crippen LogP contribution in [0.3, 0.4) is 0 Å². The highest BCUT2D eigenvalue weighted by atomic mass is 19.4. The van der Waals surface area contributed by atoms with E-state index in [2.05, 4.69) is 27.5 Å². The first-order chi connectivity index (χ1) is 25.3. The summed E-state index contributed by atoms with van der Waals surface area (Å²) in [7, 11) is 0. The van der Waals surface area contributed by atoms with E-state index in [-0.39, 0.29) is 50.6 Å². The minimum Gasteiger partial charge on any atom is -0.448 e. The molecule has 1 aliphatic carbocycles. The fourth-order valence-electron chi connectivity index (χ4n) is 5.89. The van der Waals surface area contributed by atoms with Gasteiger partial charge in [0.2, 0.25) is 5.91 Å². The van der Waals surface area contributed by atoms with Crippen LogP contribution in [0.2, 0.25) is 0 Å². The molecule has 0 bridgehead atoms. The van der Waals surface area contributed by atoms with Gasteiger partial charge in [0.25, 0.3) is 0 Å². The maximum Gasteiger partial charge on any atom is 0.408 e. The quantitative estimate of drug-likeness (QED) is 0.0984. The summed E-state index contributed by atoms with van der Waals surface area (Å²) in [6.45, 7) is 2.63. The average Bonchev–Trinajstić information content (AvgIpc) is 3.64. The predicted molar refractivity (Wildman–Crippen MR) is 181 cm³/mol. The molecule has 1 heterocycles. The Morgan fingerprint density at radius 2 is 1.62 bits per heavy atom. The van der Waals surface area contributed by atoms with E-state index < -0.39 is 60.5 Å². The molecule has 0 spiro atoms. The maximum absolute atomic E-state index is 14.2. The zero-order valence-corrected chi connectivity index (χ0v) is 28.6. The van der Waals surface area contributed by atoms with Crippen LogP contribution in [-0.4, -0.2) is 81.3 Å². The predicted octanol–water partition coefficient (Wildman–Crippen LogP) is 6.07. The third-order valence-corrected chi connectivity index (χ3v) is 8.61. The van der Waals surface area contributed by atoms with E-state index in [1.54, 1.807) is 5.32 Å². The topological polar surface area (TPSA) is 139 Å². The first-order valence-corrected chi connectivity index (χ1v) is 16.9. The third kappa shape index (κ3) is 13.5. The van der Waals surface area contributed by atoms with Crippen LogP contribution >= 0.6 is 0 Å². The Morgan fingerprint density at radius 3 is 2.17 bits per heavy atom. The van der Waals surface area contributed by atoms with Crippen LogP contribution in [0.1, 0.15) is 55.6 Å². The molecule has 0 unspecified atom stereocenters. The van der Waals surface area contributed by atoms with Gasteiger partial charge in [-0.1, -0.05) is 30.8 Å². The summed E-state index contributed by atoms with van der Waals surface area (Å²) in [5.74, 6) is -2.84. The number of carbonyl (C=O) groups is 3. The molecular weight excluding hydrogens is 712 g/mol. The normalized spacial score (nSPS) is 18.8. The number of hydrogen-bond acceptors (Lipinski definition) is 8. The second-order valence-corrected chi connectivity index (χ2v) is 12.6. The van der Waals surface area contributed by atoms with E-state index in [0.29, 0.717) is 36.0 Å². The molecule has 1 aliphatic heterocycles. The summed E-state index contributed by atoms with van der Waals surface area (Å²) in [6.07, 6.45) is -2.71. The van der Waals surface area contributed by atoms with Crippen molar-refractivity contribution in [1.82, 2.24) is 21.3 Å². The van der Waals surface area contributed by atoms with Gasteiger partial charge in [-0.25, -0.2) is 23.4 Å². The van der Waals surface area contributed by atoms with Crippen molar-refractivity contribution in [3.8, 4) is 0 Å². The fraction of sp³-hybridized carbons (Fsp3) is 0.444. The first-order valence-electron chi connectivity index (χ1n) is 16.9. The molecule has 0 aromatic heterocycles. The van der Waals surface area contributed by atoms with Gasteiger partial charge in [-0.15, -0.1) is 0 Å². The van der Waals surface area contributed by atoms with Crippen LogP contribution in [0.4, 0.5) is 35.9 Å². The van der Waals surface area contributed by atoms with Crippen LogP contribution in [0.15, 0.2) is 77.6 Å². The van der Waals surface area contributed by atoms with Crippen molar-refractivity contribution in [2.75, 3.05) is 26.3 Å². The van der Waals surface area contributed by atoms with Crippen molar-refractivity contribution < 1.29 is 54.9 Å². The molecule has 2 aliphatic rings. The molecule has 3 atom stereocenters. The van der Waals surface area contributed by atoms with E-state index in [4.69, 9.17) is 14.2 Å². The number of hydrogen-bond donors (Lipinski definition) is 4. The summed E-state index contributed by atoms with van der Waals surface area (Å²) in [5.41, 5.74) is 1.15. The summed E-state index contributed by atoms with van der Waals surface area (Å²) in [5, 5.41) is 10.0. The lowest BCUT2D eigenvalue weighted by Gasteiger charge is -2.30. The summed E-state index contributed by atoms with van der Waals surface area (Å²) in [4.78, 5) is 42.4. The molecule has 2 aromatic rings. The number of rotatable bonds is 15. The van der Waals surface area contributed by atoms with Crippen molar-refractivity contribution in [2.24, 2.45) is 4.99 Å². The number of alkyl carbamates (subject to hydrolysis) is 2. The molecular formula is C36H41F6N5O6. The fourth-order valence-corrected chi connectivity index (χ4v) is 5.89. The Bertz CT molecular complexity index is 1550. The summed E-state index contributed by atoms with van der Waals surface area (Å²) >= 11 is 0. The molecule has 3 amide bonds. The lowest BCUT2D eigenvalue weighted by atomic mass is 9.84. The van der Waals surface area contributed by atoms with Gasteiger partial charge in [0.05, 0.1) is 30.6 Å². The number of nitrogens with one attached hydrogen (secondary N) is 4. The Hall–Kier alpha value is -4.90. The standard InChI is InChI=1S/C36H41F6N5O6/c1-22(6-15-29-16-44-27(18-51-29)19-52-34(49)45-20-36(40,41)42)30(17-43-21-37)46-33(48)32(47-35(50)53-28-4-2-3-5-28)31(23-7-11-25(38)12-8-23)24-9-13-26(39)14-10-24/h7-14,17,21,27-29,31-32,44H,1-6,15-16,18-20H2,(H,45,49)(H,46,48)(H,47,50)/b30-17+,43-21?/t27-,29+,32-/m0/s1. The zero-order chi connectivity index (χ0) is 38.4.